The molecule has 7 heteroatoms. The van der Waals surface area contributed by atoms with Crippen molar-refractivity contribution in [1.82, 2.24) is 19.5 Å². The molecule has 0 bridgehead atoms. The number of hydrogen-bond acceptors (Lipinski definition) is 4. The molecule has 0 unspecified atom stereocenters. The fourth-order valence-electron chi connectivity index (χ4n) is 1.76. The third-order valence-corrected chi connectivity index (χ3v) is 4.17. The maximum atomic E-state index is 12.2. The minimum absolute atomic E-state index is 0.271. The van der Waals surface area contributed by atoms with E-state index in [2.05, 4.69) is 14.8 Å². The van der Waals surface area contributed by atoms with Crippen molar-refractivity contribution in [3.8, 4) is 0 Å². The van der Waals surface area contributed by atoms with Gasteiger partial charge in [0.05, 0.1) is 11.4 Å². The Bertz CT molecular complexity index is 638. The van der Waals surface area contributed by atoms with Crippen LogP contribution in [0.2, 0.25) is 0 Å². The first-order chi connectivity index (χ1) is 8.97. The van der Waals surface area contributed by atoms with Crippen LogP contribution in [0.5, 0.6) is 0 Å². The van der Waals surface area contributed by atoms with Crippen molar-refractivity contribution in [2.45, 2.75) is 31.3 Å². The first-order valence-electron chi connectivity index (χ1n) is 5.89. The number of benzene rings is 1. The Balaban J connectivity index is 2.09. The number of rotatable bonds is 5. The zero-order chi connectivity index (χ0) is 13.9. The van der Waals surface area contributed by atoms with Crippen LogP contribution in [-0.2, 0) is 16.6 Å². The van der Waals surface area contributed by atoms with Gasteiger partial charge in [0, 0.05) is 6.04 Å². The van der Waals surface area contributed by atoms with Gasteiger partial charge in [0.25, 0.3) is 0 Å². The van der Waals surface area contributed by atoms with Crippen LogP contribution in [-0.4, -0.2) is 29.2 Å². The Morgan fingerprint density at radius 2 is 2.21 bits per heavy atom. The van der Waals surface area contributed by atoms with Gasteiger partial charge in [0.2, 0.25) is 10.0 Å². The highest BCUT2D eigenvalue weighted by atomic mass is 32.2. The highest BCUT2D eigenvalue weighted by Gasteiger charge is 2.17. The molecule has 0 aliphatic rings. The average molecular weight is 280 g/mol. The molecule has 0 radical (unpaired) electrons. The van der Waals surface area contributed by atoms with E-state index < -0.39 is 10.0 Å². The summed E-state index contributed by atoms with van der Waals surface area (Å²) in [4.78, 5) is 4.09. The molecule has 0 amide bonds. The predicted molar refractivity (Wildman–Crippen MR) is 71.0 cm³/mol. The SMILES string of the molecule is Cc1cccc(S(=O)(=O)N[C@@H](C)Cn2cncn2)c1. The summed E-state index contributed by atoms with van der Waals surface area (Å²) in [7, 11) is -3.50. The molecule has 19 heavy (non-hydrogen) atoms. The zero-order valence-corrected chi connectivity index (χ0v) is 11.6. The van der Waals surface area contributed by atoms with Crippen molar-refractivity contribution < 1.29 is 8.42 Å². The van der Waals surface area contributed by atoms with Gasteiger partial charge in [0.1, 0.15) is 12.7 Å². The Labute approximate surface area is 112 Å². The van der Waals surface area contributed by atoms with Crippen LogP contribution in [0.4, 0.5) is 0 Å². The fourth-order valence-corrected chi connectivity index (χ4v) is 3.10. The fraction of sp³-hybridized carbons (Fsp3) is 0.333. The first kappa shape index (κ1) is 13.7. The number of aryl methyl sites for hydroxylation is 1. The van der Waals surface area contributed by atoms with Crippen molar-refractivity contribution in [2.75, 3.05) is 0 Å². The quantitative estimate of drug-likeness (QED) is 0.884. The first-order valence-corrected chi connectivity index (χ1v) is 7.37. The van der Waals surface area contributed by atoms with Crippen molar-refractivity contribution in [3.63, 3.8) is 0 Å². The van der Waals surface area contributed by atoms with Crippen LogP contribution in [0.25, 0.3) is 0 Å². The number of nitrogens with zero attached hydrogens (tertiary/aromatic N) is 3. The molecule has 0 saturated carbocycles. The van der Waals surface area contributed by atoms with E-state index in [1.807, 2.05) is 13.0 Å². The molecule has 6 nitrogen and oxygen atoms in total. The standard InChI is InChI=1S/C12H16N4O2S/c1-10-4-3-5-12(6-10)19(17,18)15-11(2)7-16-9-13-8-14-16/h3-6,8-9,11,15H,7H2,1-2H3/t11-/m0/s1. The number of aromatic nitrogens is 3. The Morgan fingerprint density at radius 3 is 2.84 bits per heavy atom. The molecule has 1 atom stereocenters. The molecule has 0 saturated heterocycles. The minimum Gasteiger partial charge on any atom is -0.251 e. The maximum absolute atomic E-state index is 12.2. The van der Waals surface area contributed by atoms with E-state index in [-0.39, 0.29) is 10.9 Å². The Morgan fingerprint density at radius 1 is 1.42 bits per heavy atom. The van der Waals surface area contributed by atoms with Gasteiger partial charge in [-0.1, -0.05) is 12.1 Å². The van der Waals surface area contributed by atoms with E-state index in [9.17, 15) is 8.42 Å². The molecule has 2 rings (SSSR count). The van der Waals surface area contributed by atoms with Gasteiger partial charge in [-0.3, -0.25) is 4.68 Å². The van der Waals surface area contributed by atoms with E-state index in [0.29, 0.717) is 6.54 Å². The van der Waals surface area contributed by atoms with Gasteiger partial charge in [-0.05, 0) is 31.5 Å². The van der Waals surface area contributed by atoms with Crippen molar-refractivity contribution >= 4 is 10.0 Å². The molecule has 102 valence electrons. The second kappa shape index (κ2) is 5.50. The van der Waals surface area contributed by atoms with Crippen molar-refractivity contribution in [2.24, 2.45) is 0 Å². The largest absolute Gasteiger partial charge is 0.251 e. The van der Waals surface area contributed by atoms with Crippen LogP contribution in [0.15, 0.2) is 41.8 Å². The lowest BCUT2D eigenvalue weighted by molar-refractivity contribution is 0.493. The van der Waals surface area contributed by atoms with Crippen LogP contribution >= 0.6 is 0 Å². The lowest BCUT2D eigenvalue weighted by Crippen LogP contribution is -2.35. The summed E-state index contributed by atoms with van der Waals surface area (Å²) >= 11 is 0. The zero-order valence-electron chi connectivity index (χ0n) is 10.8. The Hall–Kier alpha value is -1.73. The smallest absolute Gasteiger partial charge is 0.240 e. The Kier molecular flexibility index (Phi) is 3.96. The van der Waals surface area contributed by atoms with E-state index in [1.54, 1.807) is 36.1 Å². The van der Waals surface area contributed by atoms with Crippen molar-refractivity contribution in [1.29, 1.82) is 0 Å². The molecule has 2 aromatic rings. The number of sulfonamides is 1. The van der Waals surface area contributed by atoms with Gasteiger partial charge in [0.15, 0.2) is 0 Å². The highest BCUT2D eigenvalue weighted by molar-refractivity contribution is 7.89. The number of nitrogens with one attached hydrogen (secondary N) is 1. The van der Waals surface area contributed by atoms with Crippen LogP contribution in [0.1, 0.15) is 12.5 Å². The van der Waals surface area contributed by atoms with Gasteiger partial charge in [-0.25, -0.2) is 18.1 Å². The molecule has 1 aromatic carbocycles. The third-order valence-electron chi connectivity index (χ3n) is 2.58. The molecular weight excluding hydrogens is 264 g/mol. The highest BCUT2D eigenvalue weighted by Crippen LogP contribution is 2.11. The normalized spacial score (nSPS) is 13.4. The molecule has 1 aromatic heterocycles. The lowest BCUT2D eigenvalue weighted by Gasteiger charge is -2.14. The summed E-state index contributed by atoms with van der Waals surface area (Å²) in [6.45, 7) is 4.08. The number of hydrogen-bond donors (Lipinski definition) is 1. The van der Waals surface area contributed by atoms with E-state index in [1.165, 1.54) is 6.33 Å². The van der Waals surface area contributed by atoms with E-state index >= 15 is 0 Å². The van der Waals surface area contributed by atoms with Crippen LogP contribution < -0.4 is 4.72 Å². The third kappa shape index (κ3) is 3.62. The van der Waals surface area contributed by atoms with Gasteiger partial charge in [-0.15, -0.1) is 0 Å². The molecule has 0 fully saturated rings. The molecular formula is C12H16N4O2S. The summed E-state index contributed by atoms with van der Waals surface area (Å²) in [5.41, 5.74) is 0.909. The molecule has 0 aliphatic heterocycles. The summed E-state index contributed by atoms with van der Waals surface area (Å²) in [5.74, 6) is 0. The van der Waals surface area contributed by atoms with Crippen LogP contribution in [0.3, 0.4) is 0 Å². The van der Waals surface area contributed by atoms with E-state index in [0.717, 1.165) is 5.56 Å². The second-order valence-corrected chi connectivity index (χ2v) is 6.17. The average Bonchev–Trinajstić information content (AvgIpc) is 2.81. The minimum atomic E-state index is -3.50. The molecule has 1 N–H and O–H groups in total. The summed E-state index contributed by atoms with van der Waals surface area (Å²) in [6, 6.07) is 6.54. The summed E-state index contributed by atoms with van der Waals surface area (Å²) < 4.78 is 28.5. The van der Waals surface area contributed by atoms with E-state index in [4.69, 9.17) is 0 Å². The van der Waals surface area contributed by atoms with Crippen LogP contribution in [0, 0.1) is 6.92 Å². The lowest BCUT2D eigenvalue weighted by atomic mass is 10.2. The van der Waals surface area contributed by atoms with Gasteiger partial charge < -0.3 is 0 Å². The van der Waals surface area contributed by atoms with Crippen molar-refractivity contribution in [3.05, 3.63) is 42.5 Å². The predicted octanol–water partition coefficient (Wildman–Crippen LogP) is 0.954. The maximum Gasteiger partial charge on any atom is 0.240 e. The summed E-state index contributed by atoms with van der Waals surface area (Å²) in [6.07, 6.45) is 2.97. The molecule has 0 aliphatic carbocycles. The van der Waals surface area contributed by atoms with Gasteiger partial charge in [-0.2, -0.15) is 5.10 Å². The monoisotopic (exact) mass is 280 g/mol. The van der Waals surface area contributed by atoms with Gasteiger partial charge >= 0.3 is 0 Å². The molecule has 1 heterocycles. The summed E-state index contributed by atoms with van der Waals surface area (Å²) in [5, 5.41) is 3.94. The second-order valence-electron chi connectivity index (χ2n) is 4.46. The molecule has 0 spiro atoms. The topological polar surface area (TPSA) is 76.9 Å².